The van der Waals surface area contributed by atoms with E-state index in [-0.39, 0.29) is 5.91 Å². The van der Waals surface area contributed by atoms with Crippen molar-refractivity contribution in [1.29, 1.82) is 0 Å². The highest BCUT2D eigenvalue weighted by molar-refractivity contribution is 6.66. The molecule has 6 aromatic rings. The number of carbonyl (C=O) groups excluding carboxylic acids is 4. The van der Waals surface area contributed by atoms with E-state index in [1.54, 1.807) is 0 Å². The maximum absolute atomic E-state index is 12.2. The number of carbonyl (C=O) groups is 4. The van der Waals surface area contributed by atoms with Gasteiger partial charge in [0.1, 0.15) is 23.0 Å². The number of ether oxygens (including phenoxy) is 2. The van der Waals surface area contributed by atoms with E-state index in [0.717, 1.165) is 95.7 Å². The molecule has 2 aliphatic heterocycles. The summed E-state index contributed by atoms with van der Waals surface area (Å²) in [5.74, 6) is 7.95. The Kier molecular flexibility index (Phi) is 17.6. The molecule has 8 rings (SSSR count). The summed E-state index contributed by atoms with van der Waals surface area (Å²) in [4.78, 5) is 52.0. The smallest absolute Gasteiger partial charge is 0.357 e. The highest BCUT2D eigenvalue weighted by Crippen LogP contribution is 2.36. The lowest BCUT2D eigenvalue weighted by Crippen LogP contribution is -2.36. The zero-order valence-corrected chi connectivity index (χ0v) is 37.3. The van der Waals surface area contributed by atoms with Crippen LogP contribution in [0.2, 0.25) is 0 Å². The summed E-state index contributed by atoms with van der Waals surface area (Å²) in [6.45, 7) is 10.1. The number of benzene rings is 6. The summed E-state index contributed by atoms with van der Waals surface area (Å²) >= 11 is 4.71. The van der Waals surface area contributed by atoms with Crippen molar-refractivity contribution < 1.29 is 33.5 Å². The van der Waals surface area contributed by atoms with Crippen molar-refractivity contribution in [1.82, 2.24) is 10.2 Å². The lowest BCUT2D eigenvalue weighted by atomic mass is 9.86. The fourth-order valence-electron chi connectivity index (χ4n) is 7.94. The molecule has 2 heterocycles. The summed E-state index contributed by atoms with van der Waals surface area (Å²) in [6, 6.07) is 46.3. The fraction of sp³-hybridized carbons (Fsp3) is 0.185. The van der Waals surface area contributed by atoms with Crippen LogP contribution in [0.25, 0.3) is 22.3 Å². The third-order valence-corrected chi connectivity index (χ3v) is 11.5. The minimum Gasteiger partial charge on any atom is -0.457 e. The molecule has 0 aromatic heterocycles. The van der Waals surface area contributed by atoms with E-state index < -0.39 is 17.1 Å². The van der Waals surface area contributed by atoms with Crippen LogP contribution in [0.3, 0.4) is 0 Å². The van der Waals surface area contributed by atoms with Crippen molar-refractivity contribution in [2.75, 3.05) is 26.2 Å². The van der Waals surface area contributed by atoms with Crippen LogP contribution >= 0.6 is 11.6 Å². The SMILES string of the molecule is C=CC(=O)Cl.C=CC(=O)N1CCC(c2ccc(C(N)=O)c(-c3ccc(Oc4ccccc4)cc3)c2)CC1.NOC(=O)c1ccc(C2CCNCC2)cc1-c1ccc(Oc2ccccc2)cc1. The van der Waals surface area contributed by atoms with E-state index in [4.69, 9.17) is 32.7 Å². The molecule has 0 saturated carbocycles. The van der Waals surface area contributed by atoms with Gasteiger partial charge in [-0.25, -0.2) is 4.79 Å². The second-order valence-electron chi connectivity index (χ2n) is 15.6. The molecule has 0 spiro atoms. The lowest BCUT2D eigenvalue weighted by molar-refractivity contribution is -0.127. The Morgan fingerprint density at radius 2 is 1.02 bits per heavy atom. The first kappa shape index (κ1) is 48.2. The van der Waals surface area contributed by atoms with Gasteiger partial charge in [-0.15, -0.1) is 0 Å². The number of para-hydroxylation sites is 2. The van der Waals surface area contributed by atoms with Crippen molar-refractivity contribution in [3.63, 3.8) is 0 Å². The molecule has 0 atom stereocenters. The Morgan fingerprint density at radius 3 is 1.44 bits per heavy atom. The summed E-state index contributed by atoms with van der Waals surface area (Å²) in [5, 5.41) is 2.88. The van der Waals surface area contributed by atoms with Crippen LogP contribution in [-0.2, 0) is 14.4 Å². The quantitative estimate of drug-likeness (QED) is 0.0616. The number of hydrogen-bond acceptors (Lipinski definition) is 9. The summed E-state index contributed by atoms with van der Waals surface area (Å²) < 4.78 is 11.7. The van der Waals surface area contributed by atoms with E-state index in [9.17, 15) is 19.2 Å². The van der Waals surface area contributed by atoms with E-state index in [2.05, 4.69) is 35.4 Å². The zero-order chi connectivity index (χ0) is 46.8. The van der Waals surface area contributed by atoms with Gasteiger partial charge in [-0.2, -0.15) is 5.90 Å². The zero-order valence-electron chi connectivity index (χ0n) is 36.6. The molecule has 0 aliphatic carbocycles. The molecule has 6 aromatic carbocycles. The van der Waals surface area contributed by atoms with Crippen LogP contribution in [0, 0.1) is 0 Å². The van der Waals surface area contributed by atoms with Gasteiger partial charge in [0.2, 0.25) is 17.1 Å². The molecule has 2 saturated heterocycles. The molecule has 66 heavy (non-hydrogen) atoms. The first-order chi connectivity index (χ1) is 32.1. The Hall–Kier alpha value is -7.31. The van der Waals surface area contributed by atoms with Gasteiger partial charge >= 0.3 is 5.97 Å². The summed E-state index contributed by atoms with van der Waals surface area (Å²) in [7, 11) is 0. The number of halogens is 1. The van der Waals surface area contributed by atoms with Crippen LogP contribution in [0.5, 0.6) is 23.0 Å². The van der Waals surface area contributed by atoms with Crippen molar-refractivity contribution in [3.05, 3.63) is 193 Å². The normalized spacial score (nSPS) is 13.6. The molecule has 2 aliphatic rings. The Bertz CT molecular complexity index is 2590. The van der Waals surface area contributed by atoms with Gasteiger partial charge in [-0.05, 0) is 168 Å². The van der Waals surface area contributed by atoms with Crippen molar-refractivity contribution in [3.8, 4) is 45.3 Å². The number of nitrogens with zero attached hydrogens (tertiary/aromatic N) is 1. The average Bonchev–Trinajstić information content (AvgIpc) is 3.37. The molecule has 11 nitrogen and oxygen atoms in total. The molecule has 5 N–H and O–H groups in total. The highest BCUT2D eigenvalue weighted by Gasteiger charge is 2.24. The highest BCUT2D eigenvalue weighted by atomic mass is 35.5. The number of hydrogen-bond donors (Lipinski definition) is 3. The van der Waals surface area contributed by atoms with Crippen LogP contribution < -0.4 is 26.4 Å². The first-order valence-electron chi connectivity index (χ1n) is 21.7. The van der Waals surface area contributed by atoms with Gasteiger partial charge in [-0.3, -0.25) is 14.4 Å². The molecule has 0 radical (unpaired) electrons. The number of piperidine rings is 2. The molecule has 12 heteroatoms. The van der Waals surface area contributed by atoms with Crippen LogP contribution in [0.4, 0.5) is 0 Å². The van der Waals surface area contributed by atoms with Gasteiger partial charge in [0.15, 0.2) is 0 Å². The van der Waals surface area contributed by atoms with Gasteiger partial charge in [0, 0.05) is 18.7 Å². The molecule has 0 unspecified atom stereocenters. The average molecular weight is 905 g/mol. The first-order valence-corrected chi connectivity index (χ1v) is 22.0. The van der Waals surface area contributed by atoms with Crippen LogP contribution in [-0.4, -0.2) is 54.1 Å². The monoisotopic (exact) mass is 904 g/mol. The second-order valence-corrected chi connectivity index (χ2v) is 16.0. The predicted molar refractivity (Wildman–Crippen MR) is 260 cm³/mol. The number of rotatable bonds is 12. The van der Waals surface area contributed by atoms with Gasteiger partial charge in [0.25, 0.3) is 0 Å². The predicted octanol–water partition coefficient (Wildman–Crippen LogP) is 10.7. The van der Waals surface area contributed by atoms with Crippen molar-refractivity contribution in [2.45, 2.75) is 37.5 Å². The maximum Gasteiger partial charge on any atom is 0.357 e. The Morgan fingerprint density at radius 1 is 0.591 bits per heavy atom. The minimum atomic E-state index is -0.540. The maximum atomic E-state index is 12.2. The topological polar surface area (TPSA) is 163 Å². The molecule has 2 fully saturated rings. The summed E-state index contributed by atoms with van der Waals surface area (Å²) in [6.07, 6.45) is 6.33. The Balaban J connectivity index is 0.000000199. The van der Waals surface area contributed by atoms with Gasteiger partial charge in [-0.1, -0.05) is 98.1 Å². The van der Waals surface area contributed by atoms with Crippen LogP contribution in [0.15, 0.2) is 171 Å². The third-order valence-electron chi connectivity index (χ3n) is 11.4. The number of likely N-dealkylation sites (tertiary alicyclic amines) is 1. The second kappa shape index (κ2) is 24.1. The standard InChI is InChI=1S/C27H26N2O3.C24H24N2O3.C3H3ClO/c1-2-26(30)29-16-14-19(15-17-29)21-10-13-24(27(28)31)25(18-21)20-8-11-23(12-9-20)32-22-6-4-3-5-7-22;25-29-24(27)22-11-8-19(17-12-14-26-15-13-17)16-23(22)18-6-9-21(10-7-18)28-20-4-2-1-3-5-20;1-2-3(4)5/h2-13,18-19H,1,14-17H2,(H2,28,31);1-11,16-17,26H,12-15,25H2;2H,1H2. The van der Waals surface area contributed by atoms with Gasteiger partial charge < -0.3 is 30.3 Å². The molecule has 2 amide bonds. The summed E-state index contributed by atoms with van der Waals surface area (Å²) in [5.41, 5.74) is 12.5. The molecule has 338 valence electrons. The van der Waals surface area contributed by atoms with Gasteiger partial charge in [0.05, 0.1) is 5.56 Å². The van der Waals surface area contributed by atoms with E-state index in [1.807, 2.05) is 138 Å². The van der Waals surface area contributed by atoms with Crippen LogP contribution in [0.1, 0.15) is 69.4 Å². The van der Waals surface area contributed by atoms with E-state index in [0.29, 0.717) is 36.1 Å². The van der Waals surface area contributed by atoms with E-state index >= 15 is 0 Å². The molecule has 0 bridgehead atoms. The number of nitrogens with one attached hydrogen (secondary N) is 1. The van der Waals surface area contributed by atoms with E-state index in [1.165, 1.54) is 11.6 Å². The number of allylic oxidation sites excluding steroid dienone is 1. The third kappa shape index (κ3) is 13.4. The van der Waals surface area contributed by atoms with Crippen molar-refractivity contribution >= 4 is 34.6 Å². The fourth-order valence-corrected chi connectivity index (χ4v) is 7.94. The number of amides is 2. The Labute approximate surface area is 390 Å². The largest absolute Gasteiger partial charge is 0.457 e. The number of nitrogens with two attached hydrogens (primary N) is 2. The lowest BCUT2D eigenvalue weighted by Gasteiger charge is -2.31. The number of primary amides is 1. The molecular formula is C54H53ClN4O7. The minimum absolute atomic E-state index is 0.0222. The van der Waals surface area contributed by atoms with Crippen molar-refractivity contribution in [2.24, 2.45) is 11.6 Å². The molecular weight excluding hydrogens is 852 g/mol.